The van der Waals surface area contributed by atoms with E-state index >= 15 is 0 Å². The van der Waals surface area contributed by atoms with Gasteiger partial charge in [0.05, 0.1) is 5.60 Å². The highest BCUT2D eigenvalue weighted by molar-refractivity contribution is 5.66. The summed E-state index contributed by atoms with van der Waals surface area (Å²) < 4.78 is 5.58. The van der Waals surface area contributed by atoms with Gasteiger partial charge in [-0.1, -0.05) is 20.8 Å². The van der Waals surface area contributed by atoms with Gasteiger partial charge in [-0.3, -0.25) is 4.79 Å². The molecule has 1 N–H and O–H groups in total. The summed E-state index contributed by atoms with van der Waals surface area (Å²) >= 11 is 0. The zero-order chi connectivity index (χ0) is 18.7. The van der Waals surface area contributed by atoms with Crippen molar-refractivity contribution in [1.82, 2.24) is 0 Å². The first-order valence-electron chi connectivity index (χ1n) is 11.1. The van der Waals surface area contributed by atoms with E-state index in [9.17, 15) is 9.90 Å². The first-order valence-corrected chi connectivity index (χ1v) is 11.1. The molecule has 148 valence electrons. The van der Waals surface area contributed by atoms with Crippen molar-refractivity contribution in [3.63, 3.8) is 0 Å². The third-order valence-corrected chi connectivity index (χ3v) is 9.86. The van der Waals surface area contributed by atoms with E-state index in [1.54, 1.807) is 6.92 Å². The van der Waals surface area contributed by atoms with Crippen molar-refractivity contribution in [2.45, 2.75) is 104 Å². The molecule has 4 fully saturated rings. The molecule has 0 unspecified atom stereocenters. The predicted octanol–water partition coefficient (Wildman–Crippen LogP) is 5.10. The normalized spacial score (nSPS) is 53.3. The van der Waals surface area contributed by atoms with Crippen LogP contribution in [0.1, 0.15) is 91.9 Å². The summed E-state index contributed by atoms with van der Waals surface area (Å²) in [6.45, 7) is 8.66. The summed E-state index contributed by atoms with van der Waals surface area (Å²) in [7, 11) is 0. The Balaban J connectivity index is 1.55. The number of carbonyl (C=O) groups excluding carboxylic acids is 1. The Morgan fingerprint density at radius 3 is 2.46 bits per heavy atom. The summed E-state index contributed by atoms with van der Waals surface area (Å²) in [5, 5.41) is 11.3. The van der Waals surface area contributed by atoms with E-state index < -0.39 is 5.60 Å². The van der Waals surface area contributed by atoms with E-state index in [2.05, 4.69) is 20.8 Å². The molecule has 0 heterocycles. The number of rotatable bonds is 2. The van der Waals surface area contributed by atoms with Crippen molar-refractivity contribution in [3.05, 3.63) is 0 Å². The molecule has 0 saturated heterocycles. The topological polar surface area (TPSA) is 46.5 Å². The minimum Gasteiger partial charge on any atom is -0.463 e. The third-order valence-electron chi connectivity index (χ3n) is 9.86. The summed E-state index contributed by atoms with van der Waals surface area (Å²) in [6.07, 6.45) is 11.7. The first-order chi connectivity index (χ1) is 12.2. The molecule has 0 amide bonds. The van der Waals surface area contributed by atoms with Gasteiger partial charge in [0.1, 0.15) is 6.10 Å². The summed E-state index contributed by atoms with van der Waals surface area (Å²) in [6, 6.07) is 0. The van der Waals surface area contributed by atoms with Crippen molar-refractivity contribution >= 4 is 5.97 Å². The molecule has 0 bridgehead atoms. The number of fused-ring (bicyclic) bond motifs is 5. The molecule has 0 radical (unpaired) electrons. The van der Waals surface area contributed by atoms with Crippen LogP contribution in [-0.4, -0.2) is 22.8 Å². The lowest BCUT2D eigenvalue weighted by Gasteiger charge is -2.61. The predicted molar refractivity (Wildman–Crippen MR) is 103 cm³/mol. The van der Waals surface area contributed by atoms with Crippen LogP contribution in [0.5, 0.6) is 0 Å². The fourth-order valence-corrected chi connectivity index (χ4v) is 8.25. The number of ether oxygens (including phenoxy) is 1. The van der Waals surface area contributed by atoms with Crippen molar-refractivity contribution in [2.75, 3.05) is 0 Å². The minimum absolute atomic E-state index is 0.120. The summed E-state index contributed by atoms with van der Waals surface area (Å²) in [4.78, 5) is 11.4. The lowest BCUT2D eigenvalue weighted by Crippen LogP contribution is -2.56. The van der Waals surface area contributed by atoms with Crippen molar-refractivity contribution in [3.8, 4) is 0 Å². The van der Waals surface area contributed by atoms with Gasteiger partial charge in [-0.15, -0.1) is 0 Å². The second-order valence-corrected chi connectivity index (χ2v) is 10.5. The zero-order valence-electron chi connectivity index (χ0n) is 17.2. The Bertz CT molecular complexity index is 574. The lowest BCUT2D eigenvalue weighted by atomic mass is 9.44. The van der Waals surface area contributed by atoms with Crippen LogP contribution in [-0.2, 0) is 9.53 Å². The average molecular weight is 363 g/mol. The Labute approximate surface area is 159 Å². The molecule has 8 atom stereocenters. The highest BCUT2D eigenvalue weighted by Crippen LogP contribution is 2.68. The van der Waals surface area contributed by atoms with Crippen LogP contribution in [0.3, 0.4) is 0 Å². The van der Waals surface area contributed by atoms with Gasteiger partial charge in [-0.05, 0) is 98.7 Å². The molecule has 4 aliphatic carbocycles. The zero-order valence-corrected chi connectivity index (χ0v) is 17.2. The van der Waals surface area contributed by atoms with E-state index in [1.807, 2.05) is 0 Å². The molecule has 26 heavy (non-hydrogen) atoms. The van der Waals surface area contributed by atoms with E-state index in [0.717, 1.165) is 37.5 Å². The smallest absolute Gasteiger partial charge is 0.302 e. The van der Waals surface area contributed by atoms with E-state index in [1.165, 1.54) is 38.5 Å². The Hall–Kier alpha value is -0.570. The fourth-order valence-electron chi connectivity index (χ4n) is 8.25. The van der Waals surface area contributed by atoms with Gasteiger partial charge < -0.3 is 9.84 Å². The Morgan fingerprint density at radius 2 is 1.77 bits per heavy atom. The SMILES string of the molecule is CC[C@]1(O)CC[C@H]2[C@@H]3CC[C@H]4C[C@H](OC(C)=O)CC[C@]4(C)[C@H]3CC[C@@]21C. The Morgan fingerprint density at radius 1 is 1.04 bits per heavy atom. The van der Waals surface area contributed by atoms with Crippen molar-refractivity contribution in [1.29, 1.82) is 0 Å². The monoisotopic (exact) mass is 362 g/mol. The molecule has 0 aromatic rings. The highest BCUT2D eigenvalue weighted by atomic mass is 16.5. The van der Waals surface area contributed by atoms with Crippen LogP contribution >= 0.6 is 0 Å². The second kappa shape index (κ2) is 6.22. The van der Waals surface area contributed by atoms with Gasteiger partial charge in [-0.25, -0.2) is 0 Å². The number of esters is 1. The van der Waals surface area contributed by atoms with Gasteiger partial charge in [0.15, 0.2) is 0 Å². The summed E-state index contributed by atoms with van der Waals surface area (Å²) in [5.74, 6) is 2.89. The molecule has 4 saturated carbocycles. The molecule has 0 aliphatic heterocycles. The van der Waals surface area contributed by atoms with Crippen LogP contribution in [0.2, 0.25) is 0 Å². The Kier molecular flexibility index (Phi) is 4.49. The van der Waals surface area contributed by atoms with Gasteiger partial charge >= 0.3 is 5.97 Å². The molecule has 4 rings (SSSR count). The molecule has 0 aromatic carbocycles. The maximum Gasteiger partial charge on any atom is 0.302 e. The average Bonchev–Trinajstić information content (AvgIpc) is 2.87. The maximum absolute atomic E-state index is 11.4. The quantitative estimate of drug-likeness (QED) is 0.695. The van der Waals surface area contributed by atoms with Gasteiger partial charge in [0.25, 0.3) is 0 Å². The summed E-state index contributed by atoms with van der Waals surface area (Å²) in [5.41, 5.74) is 0.0995. The number of hydrogen-bond donors (Lipinski definition) is 1. The fraction of sp³-hybridized carbons (Fsp3) is 0.957. The maximum atomic E-state index is 11.4. The number of aliphatic hydroxyl groups is 1. The third kappa shape index (κ3) is 2.52. The van der Waals surface area contributed by atoms with Crippen LogP contribution in [0.4, 0.5) is 0 Å². The molecular formula is C23H38O3. The van der Waals surface area contributed by atoms with Crippen LogP contribution in [0.25, 0.3) is 0 Å². The first kappa shape index (κ1) is 18.8. The van der Waals surface area contributed by atoms with E-state index in [-0.39, 0.29) is 17.5 Å². The molecular weight excluding hydrogens is 324 g/mol. The highest BCUT2D eigenvalue weighted by Gasteiger charge is 2.64. The molecule has 3 heteroatoms. The second-order valence-electron chi connectivity index (χ2n) is 10.5. The van der Waals surface area contributed by atoms with Crippen LogP contribution in [0, 0.1) is 34.5 Å². The van der Waals surface area contributed by atoms with Gasteiger partial charge in [-0.2, -0.15) is 0 Å². The molecule has 4 aliphatic rings. The van der Waals surface area contributed by atoms with E-state index in [0.29, 0.717) is 17.3 Å². The van der Waals surface area contributed by atoms with Gasteiger partial charge in [0.2, 0.25) is 0 Å². The standard InChI is InChI=1S/C23H38O3/c1-5-23(25)13-10-20-18-7-6-16-14-17(26-15(2)24)8-11-21(16,3)19(18)9-12-22(20,23)4/h16-20,25H,5-14H2,1-4H3/t16-,17+,18+,19-,20-,21-,22-,23-/m0/s1. The largest absolute Gasteiger partial charge is 0.463 e. The van der Waals surface area contributed by atoms with Crippen molar-refractivity contribution < 1.29 is 14.6 Å². The minimum atomic E-state index is -0.437. The van der Waals surface area contributed by atoms with E-state index in [4.69, 9.17) is 4.74 Å². The lowest BCUT2D eigenvalue weighted by molar-refractivity contribution is -0.169. The number of hydrogen-bond acceptors (Lipinski definition) is 3. The number of carbonyl (C=O) groups is 1. The molecule has 0 aromatic heterocycles. The van der Waals surface area contributed by atoms with Crippen LogP contribution in [0.15, 0.2) is 0 Å². The van der Waals surface area contributed by atoms with Gasteiger partial charge in [0, 0.05) is 6.92 Å². The van der Waals surface area contributed by atoms with Crippen LogP contribution < -0.4 is 0 Å². The molecule has 3 nitrogen and oxygen atoms in total. The molecule has 0 spiro atoms. The van der Waals surface area contributed by atoms with Crippen molar-refractivity contribution in [2.24, 2.45) is 34.5 Å².